The van der Waals surface area contributed by atoms with E-state index in [1.54, 1.807) is 42.5 Å². The summed E-state index contributed by atoms with van der Waals surface area (Å²) in [5.41, 5.74) is 3.44. The third-order valence-corrected chi connectivity index (χ3v) is 7.91. The van der Waals surface area contributed by atoms with E-state index in [0.717, 1.165) is 23.2 Å². The zero-order valence-corrected chi connectivity index (χ0v) is 18.8. The lowest BCUT2D eigenvalue weighted by Gasteiger charge is -2.38. The molecule has 3 aromatic carbocycles. The van der Waals surface area contributed by atoms with Crippen LogP contribution >= 0.6 is 23.2 Å². The zero-order chi connectivity index (χ0) is 21.6. The van der Waals surface area contributed by atoms with Crippen LogP contribution in [-0.4, -0.2) is 8.42 Å². The highest BCUT2D eigenvalue weighted by atomic mass is 35.5. The summed E-state index contributed by atoms with van der Waals surface area (Å²) in [7, 11) is -3.69. The van der Waals surface area contributed by atoms with Gasteiger partial charge in [0.1, 0.15) is 0 Å². The van der Waals surface area contributed by atoms with Gasteiger partial charge in [-0.25, -0.2) is 8.42 Å². The van der Waals surface area contributed by atoms with E-state index in [1.165, 1.54) is 0 Å². The molecule has 0 saturated heterocycles. The summed E-state index contributed by atoms with van der Waals surface area (Å²) in [6.07, 6.45) is 5.22. The molecular weight excluding hydrogens is 451 g/mol. The lowest BCUT2D eigenvalue weighted by molar-refractivity contribution is 0.425. The van der Waals surface area contributed by atoms with Crippen LogP contribution in [0.3, 0.4) is 0 Å². The van der Waals surface area contributed by atoms with Crippen LogP contribution in [0.1, 0.15) is 29.5 Å². The minimum absolute atomic E-state index is 0.0159. The van der Waals surface area contributed by atoms with Crippen LogP contribution in [0, 0.1) is 5.92 Å². The number of halogens is 2. The van der Waals surface area contributed by atoms with Gasteiger partial charge in [-0.15, -0.1) is 0 Å². The number of para-hydroxylation sites is 1. The fourth-order valence-electron chi connectivity index (χ4n) is 4.52. The number of rotatable bonds is 4. The van der Waals surface area contributed by atoms with Gasteiger partial charge in [0.25, 0.3) is 10.0 Å². The normalized spacial score (nSPS) is 21.8. The van der Waals surface area contributed by atoms with E-state index < -0.39 is 10.0 Å². The van der Waals surface area contributed by atoms with Gasteiger partial charge in [-0.3, -0.25) is 4.72 Å². The van der Waals surface area contributed by atoms with Gasteiger partial charge in [0.15, 0.2) is 0 Å². The molecule has 2 aliphatic rings. The molecule has 3 unspecified atom stereocenters. The first kappa shape index (κ1) is 20.4. The van der Waals surface area contributed by atoms with Crippen LogP contribution < -0.4 is 10.0 Å². The van der Waals surface area contributed by atoms with Gasteiger partial charge in [0.2, 0.25) is 0 Å². The number of hydrogen-bond donors (Lipinski definition) is 2. The summed E-state index contributed by atoms with van der Waals surface area (Å²) < 4.78 is 28.6. The fraction of sp³-hybridized carbons (Fsp3) is 0.167. The van der Waals surface area contributed by atoms with Gasteiger partial charge in [-0.05, 0) is 65.9 Å². The van der Waals surface area contributed by atoms with E-state index in [4.69, 9.17) is 23.2 Å². The summed E-state index contributed by atoms with van der Waals surface area (Å²) in [5, 5.41) is 4.82. The Morgan fingerprint density at radius 3 is 2.52 bits per heavy atom. The maximum Gasteiger partial charge on any atom is 0.261 e. The SMILES string of the molecule is O=S(=O)(Nc1ccccc1)c1ccc2c(c1)C1C=CCC1C(c1ccc(Cl)cc1Cl)N2. The van der Waals surface area contributed by atoms with Crippen molar-refractivity contribution < 1.29 is 8.42 Å². The Kier molecular flexibility index (Phi) is 5.21. The molecule has 158 valence electrons. The van der Waals surface area contributed by atoms with Crippen molar-refractivity contribution in [2.75, 3.05) is 10.0 Å². The molecule has 0 fully saturated rings. The molecule has 3 aromatic rings. The Morgan fingerprint density at radius 1 is 0.935 bits per heavy atom. The van der Waals surface area contributed by atoms with E-state index >= 15 is 0 Å². The second kappa shape index (κ2) is 7.90. The summed E-state index contributed by atoms with van der Waals surface area (Å²) >= 11 is 12.6. The first-order chi connectivity index (χ1) is 14.9. The maximum atomic E-state index is 13.0. The fourth-order valence-corrected chi connectivity index (χ4v) is 6.14. The third-order valence-electron chi connectivity index (χ3n) is 5.97. The number of anilines is 2. The molecule has 0 saturated carbocycles. The van der Waals surface area contributed by atoms with E-state index in [0.29, 0.717) is 15.7 Å². The van der Waals surface area contributed by atoms with Crippen molar-refractivity contribution >= 4 is 44.6 Å². The van der Waals surface area contributed by atoms with Crippen molar-refractivity contribution in [3.63, 3.8) is 0 Å². The largest absolute Gasteiger partial charge is 0.378 e. The van der Waals surface area contributed by atoms with Crippen molar-refractivity contribution in [1.82, 2.24) is 0 Å². The van der Waals surface area contributed by atoms with Crippen LogP contribution in [0.4, 0.5) is 11.4 Å². The van der Waals surface area contributed by atoms with Crippen LogP contribution in [0.2, 0.25) is 10.0 Å². The topological polar surface area (TPSA) is 58.2 Å². The average Bonchev–Trinajstić information content (AvgIpc) is 3.24. The standard InChI is InChI=1S/C24H20Cl2N2O2S/c25-15-9-11-20(22(26)13-15)24-19-8-4-7-18(19)21-14-17(10-12-23(21)27-24)31(29,30)28-16-5-2-1-3-6-16/h1-7,9-14,18-19,24,27-28H,8H2. The maximum absolute atomic E-state index is 13.0. The Bertz CT molecular complexity index is 1280. The van der Waals surface area contributed by atoms with Crippen LogP contribution in [-0.2, 0) is 10.0 Å². The monoisotopic (exact) mass is 470 g/mol. The van der Waals surface area contributed by atoms with Gasteiger partial charge in [-0.1, -0.05) is 59.6 Å². The van der Waals surface area contributed by atoms with Crippen molar-refractivity contribution in [2.24, 2.45) is 5.92 Å². The van der Waals surface area contributed by atoms with E-state index in [1.807, 2.05) is 24.3 Å². The first-order valence-electron chi connectivity index (χ1n) is 10.0. The molecule has 7 heteroatoms. The molecule has 0 radical (unpaired) electrons. The molecule has 0 amide bonds. The van der Waals surface area contributed by atoms with Crippen molar-refractivity contribution in [3.8, 4) is 0 Å². The van der Waals surface area contributed by atoms with Crippen LogP contribution in [0.5, 0.6) is 0 Å². The predicted molar refractivity (Wildman–Crippen MR) is 127 cm³/mol. The van der Waals surface area contributed by atoms with Gasteiger partial charge in [0.05, 0.1) is 10.9 Å². The number of hydrogen-bond acceptors (Lipinski definition) is 3. The molecule has 1 heterocycles. The molecule has 3 atom stereocenters. The van der Waals surface area contributed by atoms with E-state index in [2.05, 4.69) is 22.2 Å². The van der Waals surface area contributed by atoms with Gasteiger partial charge >= 0.3 is 0 Å². The quantitative estimate of drug-likeness (QED) is 0.421. The Hall–Kier alpha value is -2.47. The lowest BCUT2D eigenvalue weighted by atomic mass is 9.77. The third kappa shape index (κ3) is 3.82. The van der Waals surface area contributed by atoms with Crippen molar-refractivity contribution in [2.45, 2.75) is 23.3 Å². The smallest absolute Gasteiger partial charge is 0.261 e. The number of nitrogens with one attached hydrogen (secondary N) is 2. The van der Waals surface area contributed by atoms with Gasteiger partial charge in [0, 0.05) is 27.3 Å². The summed E-state index contributed by atoms with van der Waals surface area (Å²) in [6.45, 7) is 0. The Balaban J connectivity index is 1.51. The molecule has 4 nitrogen and oxygen atoms in total. The van der Waals surface area contributed by atoms with E-state index in [9.17, 15) is 8.42 Å². The molecular formula is C24H20Cl2N2O2S. The van der Waals surface area contributed by atoms with Gasteiger partial charge < -0.3 is 5.32 Å². The second-order valence-electron chi connectivity index (χ2n) is 7.86. The van der Waals surface area contributed by atoms with Crippen LogP contribution in [0.25, 0.3) is 0 Å². The van der Waals surface area contributed by atoms with Crippen molar-refractivity contribution in [3.05, 3.63) is 100 Å². The van der Waals surface area contributed by atoms with Crippen molar-refractivity contribution in [1.29, 1.82) is 0 Å². The number of allylic oxidation sites excluding steroid dienone is 2. The number of fused-ring (bicyclic) bond motifs is 3. The number of benzene rings is 3. The lowest BCUT2D eigenvalue weighted by Crippen LogP contribution is -2.29. The molecule has 1 aliphatic carbocycles. The first-order valence-corrected chi connectivity index (χ1v) is 12.3. The predicted octanol–water partition coefficient (Wildman–Crippen LogP) is 6.62. The number of sulfonamides is 1. The van der Waals surface area contributed by atoms with Gasteiger partial charge in [-0.2, -0.15) is 0 Å². The average molecular weight is 471 g/mol. The summed E-state index contributed by atoms with van der Waals surface area (Å²) in [5.74, 6) is 0.353. The minimum Gasteiger partial charge on any atom is -0.378 e. The molecule has 31 heavy (non-hydrogen) atoms. The summed E-state index contributed by atoms with van der Waals surface area (Å²) in [6, 6.07) is 19.7. The molecule has 0 bridgehead atoms. The van der Waals surface area contributed by atoms with Crippen LogP contribution in [0.15, 0.2) is 83.8 Å². The molecule has 0 aromatic heterocycles. The highest BCUT2D eigenvalue weighted by Gasteiger charge is 2.39. The highest BCUT2D eigenvalue weighted by Crippen LogP contribution is 2.51. The Labute approximate surface area is 192 Å². The molecule has 1 aliphatic heterocycles. The highest BCUT2D eigenvalue weighted by molar-refractivity contribution is 7.92. The molecule has 2 N–H and O–H groups in total. The van der Waals surface area contributed by atoms with E-state index in [-0.39, 0.29) is 22.8 Å². The Morgan fingerprint density at radius 2 is 1.74 bits per heavy atom. The second-order valence-corrected chi connectivity index (χ2v) is 10.4. The summed E-state index contributed by atoms with van der Waals surface area (Å²) in [4.78, 5) is 0.249. The molecule has 0 spiro atoms. The molecule has 5 rings (SSSR count). The minimum atomic E-state index is -3.69. The zero-order valence-electron chi connectivity index (χ0n) is 16.4.